The molecule has 80 valence electrons. The Bertz CT molecular complexity index is 527. The first-order valence-electron chi connectivity index (χ1n) is 4.92. The van der Waals surface area contributed by atoms with E-state index in [-0.39, 0.29) is 5.43 Å². The molecule has 2 aromatic heterocycles. The molecule has 2 aromatic rings. The van der Waals surface area contributed by atoms with Crippen LogP contribution in [-0.4, -0.2) is 0 Å². The normalized spacial score (nSPS) is 11.1. The summed E-state index contributed by atoms with van der Waals surface area (Å²) < 4.78 is 1.75. The molecule has 0 N–H and O–H groups in total. The minimum atomic E-state index is 0.109. The Hall–Kier alpha value is -0.380. The van der Waals surface area contributed by atoms with Crippen LogP contribution in [0, 0.1) is 0 Å². The summed E-state index contributed by atoms with van der Waals surface area (Å²) in [7, 11) is 0. The fraction of sp³-hybridized carbons (Fsp3) is 0.364. The predicted octanol–water partition coefficient (Wildman–Crippen LogP) is 4.32. The summed E-state index contributed by atoms with van der Waals surface area (Å²) in [5.74, 6) is 0. The smallest absolute Gasteiger partial charge is 0.189 e. The second kappa shape index (κ2) is 4.64. The fourth-order valence-electron chi connectivity index (χ4n) is 1.44. The molecular formula is C11H11ClOS2. The highest BCUT2D eigenvalue weighted by molar-refractivity contribution is 7.39. The molecule has 0 spiro atoms. The first-order valence-corrected chi connectivity index (χ1v) is 6.94. The van der Waals surface area contributed by atoms with Crippen molar-refractivity contribution >= 4 is 43.7 Å². The average molecular weight is 259 g/mol. The minimum absolute atomic E-state index is 0.109. The second-order valence-electron chi connectivity index (χ2n) is 3.43. The van der Waals surface area contributed by atoms with Crippen LogP contribution in [0.2, 0.25) is 4.34 Å². The van der Waals surface area contributed by atoms with E-state index in [1.165, 1.54) is 16.2 Å². The zero-order valence-corrected chi connectivity index (χ0v) is 10.8. The van der Waals surface area contributed by atoms with E-state index in [1.54, 1.807) is 23.5 Å². The van der Waals surface area contributed by atoms with Crippen LogP contribution < -0.4 is 5.43 Å². The van der Waals surface area contributed by atoms with Gasteiger partial charge in [-0.05, 0) is 25.0 Å². The molecule has 1 nitrogen and oxygen atoms in total. The van der Waals surface area contributed by atoms with Crippen molar-refractivity contribution in [2.24, 2.45) is 0 Å². The Morgan fingerprint density at radius 3 is 2.87 bits per heavy atom. The Labute approximate surface area is 101 Å². The summed E-state index contributed by atoms with van der Waals surface area (Å²) in [6, 6.07) is 3.52. The van der Waals surface area contributed by atoms with Crippen LogP contribution in [0.3, 0.4) is 0 Å². The number of hydrogen-bond acceptors (Lipinski definition) is 3. The van der Waals surface area contributed by atoms with E-state index < -0.39 is 0 Å². The molecule has 0 saturated carbocycles. The molecule has 2 rings (SSSR count). The maximum absolute atomic E-state index is 11.7. The Kier molecular flexibility index (Phi) is 3.44. The molecule has 15 heavy (non-hydrogen) atoms. The number of thiophene rings is 1. The van der Waals surface area contributed by atoms with Crippen LogP contribution in [0.1, 0.15) is 24.6 Å². The SMILES string of the molecule is CCCCc1cc(=O)c2cc(Cl)sc2s1. The highest BCUT2D eigenvalue weighted by atomic mass is 35.5. The van der Waals surface area contributed by atoms with Crippen molar-refractivity contribution in [1.82, 2.24) is 0 Å². The minimum Gasteiger partial charge on any atom is -0.289 e. The van der Waals surface area contributed by atoms with Crippen molar-refractivity contribution in [2.75, 3.05) is 0 Å². The van der Waals surface area contributed by atoms with Gasteiger partial charge in [-0.15, -0.1) is 22.7 Å². The van der Waals surface area contributed by atoms with Gasteiger partial charge in [0.05, 0.1) is 13.7 Å². The van der Waals surface area contributed by atoms with Crippen LogP contribution in [-0.2, 0) is 6.42 Å². The number of rotatable bonds is 3. The zero-order valence-electron chi connectivity index (χ0n) is 8.38. The summed E-state index contributed by atoms with van der Waals surface area (Å²) in [6.07, 6.45) is 3.30. The van der Waals surface area contributed by atoms with E-state index in [4.69, 9.17) is 11.6 Å². The van der Waals surface area contributed by atoms with Crippen molar-refractivity contribution in [3.05, 3.63) is 31.6 Å². The molecule has 0 aliphatic rings. The maximum Gasteiger partial charge on any atom is 0.189 e. The van der Waals surface area contributed by atoms with Gasteiger partial charge in [0.1, 0.15) is 0 Å². The Balaban J connectivity index is 2.47. The van der Waals surface area contributed by atoms with E-state index >= 15 is 0 Å². The van der Waals surface area contributed by atoms with Gasteiger partial charge in [-0.3, -0.25) is 4.79 Å². The number of aryl methyl sites for hydroxylation is 1. The third kappa shape index (κ3) is 2.41. The highest BCUT2D eigenvalue weighted by Gasteiger charge is 2.06. The molecule has 0 unspecified atom stereocenters. The molecule has 0 aliphatic heterocycles. The molecule has 0 aliphatic carbocycles. The lowest BCUT2D eigenvalue weighted by Gasteiger charge is -1.97. The van der Waals surface area contributed by atoms with Crippen molar-refractivity contribution in [1.29, 1.82) is 0 Å². The van der Waals surface area contributed by atoms with E-state index in [0.29, 0.717) is 4.34 Å². The zero-order chi connectivity index (χ0) is 10.8. The summed E-state index contributed by atoms with van der Waals surface area (Å²) in [5, 5.41) is 0.773. The molecule has 0 saturated heterocycles. The Morgan fingerprint density at radius 1 is 1.33 bits per heavy atom. The summed E-state index contributed by atoms with van der Waals surface area (Å²) in [4.78, 5) is 12.9. The lowest BCUT2D eigenvalue weighted by atomic mass is 10.2. The number of hydrogen-bond donors (Lipinski definition) is 0. The predicted molar refractivity (Wildman–Crippen MR) is 69.6 cm³/mol. The monoisotopic (exact) mass is 258 g/mol. The molecular weight excluding hydrogens is 248 g/mol. The third-order valence-electron chi connectivity index (χ3n) is 2.23. The van der Waals surface area contributed by atoms with Crippen molar-refractivity contribution < 1.29 is 0 Å². The second-order valence-corrected chi connectivity index (χ2v) is 6.51. The number of fused-ring (bicyclic) bond motifs is 1. The number of unbranched alkanes of at least 4 members (excludes halogenated alkanes) is 1. The largest absolute Gasteiger partial charge is 0.289 e. The van der Waals surface area contributed by atoms with Gasteiger partial charge >= 0.3 is 0 Å². The lowest BCUT2D eigenvalue weighted by molar-refractivity contribution is 0.803. The van der Waals surface area contributed by atoms with E-state index in [9.17, 15) is 4.79 Å². The topological polar surface area (TPSA) is 17.1 Å². The molecule has 0 fully saturated rings. The van der Waals surface area contributed by atoms with E-state index in [0.717, 1.165) is 28.7 Å². The lowest BCUT2D eigenvalue weighted by Crippen LogP contribution is -1.98. The first-order chi connectivity index (χ1) is 7.20. The van der Waals surface area contributed by atoms with Gasteiger partial charge in [0.15, 0.2) is 5.43 Å². The Morgan fingerprint density at radius 2 is 2.13 bits per heavy atom. The van der Waals surface area contributed by atoms with Crippen molar-refractivity contribution in [3.63, 3.8) is 0 Å². The summed E-state index contributed by atoms with van der Waals surface area (Å²) in [5.41, 5.74) is 0.109. The van der Waals surface area contributed by atoms with Crippen LogP contribution >= 0.6 is 34.3 Å². The van der Waals surface area contributed by atoms with Crippen molar-refractivity contribution in [2.45, 2.75) is 26.2 Å². The van der Waals surface area contributed by atoms with E-state index in [1.807, 2.05) is 0 Å². The number of halogens is 1. The van der Waals surface area contributed by atoms with Crippen molar-refractivity contribution in [3.8, 4) is 0 Å². The third-order valence-corrected chi connectivity index (χ3v) is 4.77. The fourth-order valence-corrected chi connectivity index (χ4v) is 4.22. The van der Waals surface area contributed by atoms with Gasteiger partial charge in [-0.2, -0.15) is 0 Å². The highest BCUT2D eigenvalue weighted by Crippen LogP contribution is 2.31. The molecule has 4 heteroatoms. The molecule has 0 atom stereocenters. The quantitative estimate of drug-likeness (QED) is 0.801. The molecule has 0 aromatic carbocycles. The van der Waals surface area contributed by atoms with Gasteiger partial charge in [0.25, 0.3) is 0 Å². The van der Waals surface area contributed by atoms with Crippen LogP contribution in [0.25, 0.3) is 9.40 Å². The molecule has 0 bridgehead atoms. The first kappa shape index (κ1) is 11.1. The van der Waals surface area contributed by atoms with Gasteiger partial charge in [-0.25, -0.2) is 0 Å². The average Bonchev–Trinajstić information content (AvgIpc) is 2.56. The molecule has 0 radical (unpaired) electrons. The van der Waals surface area contributed by atoms with Gasteiger partial charge < -0.3 is 0 Å². The van der Waals surface area contributed by atoms with Gasteiger partial charge in [0, 0.05) is 4.88 Å². The molecule has 2 heterocycles. The molecule has 0 amide bonds. The summed E-state index contributed by atoms with van der Waals surface area (Å²) >= 11 is 9.09. The van der Waals surface area contributed by atoms with Crippen LogP contribution in [0.4, 0.5) is 0 Å². The summed E-state index contributed by atoms with van der Waals surface area (Å²) in [6.45, 7) is 2.16. The standard InChI is InChI=1S/C11H11ClOS2/c1-2-3-4-7-5-9(13)8-6-10(12)15-11(8)14-7/h5-6H,2-4H2,1H3. The van der Waals surface area contributed by atoms with E-state index in [2.05, 4.69) is 6.92 Å². The van der Waals surface area contributed by atoms with Gasteiger partial charge in [0.2, 0.25) is 0 Å². The maximum atomic E-state index is 11.7. The van der Waals surface area contributed by atoms with Crippen LogP contribution in [0.15, 0.2) is 16.9 Å². The van der Waals surface area contributed by atoms with Crippen LogP contribution in [0.5, 0.6) is 0 Å². The van der Waals surface area contributed by atoms with Gasteiger partial charge in [-0.1, -0.05) is 24.9 Å².